The summed E-state index contributed by atoms with van der Waals surface area (Å²) >= 11 is 0. The van der Waals surface area contributed by atoms with Crippen LogP contribution in [-0.4, -0.2) is 33.3 Å². The van der Waals surface area contributed by atoms with E-state index in [0.717, 1.165) is 24.2 Å². The molecule has 0 unspecified atom stereocenters. The first-order chi connectivity index (χ1) is 10.1. The van der Waals surface area contributed by atoms with Crippen LogP contribution in [0.3, 0.4) is 0 Å². The zero-order chi connectivity index (χ0) is 15.2. The van der Waals surface area contributed by atoms with Gasteiger partial charge in [0.05, 0.1) is 0 Å². The van der Waals surface area contributed by atoms with Crippen molar-refractivity contribution in [2.24, 2.45) is 18.0 Å². The van der Waals surface area contributed by atoms with E-state index in [0.29, 0.717) is 18.5 Å². The predicted molar refractivity (Wildman–Crippen MR) is 85.1 cm³/mol. The molecule has 21 heavy (non-hydrogen) atoms. The largest absolute Gasteiger partial charge is 0.356 e. The van der Waals surface area contributed by atoms with Crippen LogP contribution in [0.5, 0.6) is 0 Å². The molecule has 0 amide bonds. The number of aryl methyl sites for hydroxylation is 1. The second-order valence-electron chi connectivity index (χ2n) is 6.29. The lowest BCUT2D eigenvalue weighted by molar-refractivity contribution is 0.579. The summed E-state index contributed by atoms with van der Waals surface area (Å²) in [5.41, 5.74) is 0. The van der Waals surface area contributed by atoms with Gasteiger partial charge >= 0.3 is 0 Å². The first-order valence-corrected chi connectivity index (χ1v) is 7.96. The van der Waals surface area contributed by atoms with Crippen molar-refractivity contribution in [1.29, 1.82) is 0 Å². The molecule has 0 aromatic carbocycles. The number of aromatic nitrogens is 3. The Morgan fingerprint density at radius 1 is 1.33 bits per heavy atom. The van der Waals surface area contributed by atoms with E-state index in [1.807, 2.05) is 18.5 Å². The molecule has 1 fully saturated rings. The molecule has 6 heteroatoms. The number of hydrogen-bond acceptors (Lipinski definition) is 3. The van der Waals surface area contributed by atoms with Gasteiger partial charge < -0.3 is 15.2 Å². The minimum atomic E-state index is 0.553. The summed E-state index contributed by atoms with van der Waals surface area (Å²) in [6, 6.07) is 0.560. The summed E-state index contributed by atoms with van der Waals surface area (Å²) in [6.45, 7) is 7.83. The highest BCUT2D eigenvalue weighted by atomic mass is 15.3. The second-order valence-corrected chi connectivity index (χ2v) is 6.29. The van der Waals surface area contributed by atoms with Crippen molar-refractivity contribution in [1.82, 2.24) is 25.4 Å². The topological polar surface area (TPSA) is 67.1 Å². The first-order valence-electron chi connectivity index (χ1n) is 7.96. The molecule has 0 saturated heterocycles. The summed E-state index contributed by atoms with van der Waals surface area (Å²) in [5.74, 6) is 3.30. The van der Waals surface area contributed by atoms with Crippen LogP contribution in [0.15, 0.2) is 4.99 Å². The molecule has 2 rings (SSSR count). The van der Waals surface area contributed by atoms with Gasteiger partial charge in [-0.25, -0.2) is 4.99 Å². The van der Waals surface area contributed by atoms with Crippen molar-refractivity contribution in [2.75, 3.05) is 6.54 Å². The lowest BCUT2D eigenvalue weighted by atomic mass is 10.2. The van der Waals surface area contributed by atoms with Gasteiger partial charge in [-0.05, 0) is 25.7 Å². The van der Waals surface area contributed by atoms with Crippen LogP contribution in [0.25, 0.3) is 0 Å². The van der Waals surface area contributed by atoms with Crippen LogP contribution < -0.4 is 10.6 Å². The Balaban J connectivity index is 1.98. The Kier molecular flexibility index (Phi) is 5.59. The van der Waals surface area contributed by atoms with Crippen molar-refractivity contribution in [3.63, 3.8) is 0 Å². The van der Waals surface area contributed by atoms with E-state index in [9.17, 15) is 0 Å². The Morgan fingerprint density at radius 3 is 2.62 bits per heavy atom. The molecular weight excluding hydrogens is 264 g/mol. The van der Waals surface area contributed by atoms with Gasteiger partial charge in [-0.3, -0.25) is 0 Å². The Labute approximate surface area is 127 Å². The summed E-state index contributed by atoms with van der Waals surface area (Å²) in [6.07, 6.45) is 5.12. The molecule has 1 aromatic heterocycles. The van der Waals surface area contributed by atoms with Crippen LogP contribution >= 0.6 is 0 Å². The van der Waals surface area contributed by atoms with Gasteiger partial charge in [-0.2, -0.15) is 0 Å². The lowest BCUT2D eigenvalue weighted by Crippen LogP contribution is -2.43. The molecule has 1 heterocycles. The average molecular weight is 292 g/mol. The van der Waals surface area contributed by atoms with E-state index >= 15 is 0 Å². The first kappa shape index (κ1) is 15.8. The van der Waals surface area contributed by atoms with Crippen LogP contribution in [0.1, 0.15) is 51.2 Å². The third-order valence-corrected chi connectivity index (χ3v) is 3.94. The minimum absolute atomic E-state index is 0.553. The van der Waals surface area contributed by atoms with E-state index in [1.54, 1.807) is 0 Å². The molecule has 0 bridgehead atoms. The molecule has 1 saturated carbocycles. The standard InChI is InChI=1S/C15H28N6/c1-11(2)9-16-15(18-13-7-5-6-8-13)17-10-14-20-19-12(3)21(14)4/h11,13H,5-10H2,1-4H3,(H2,16,17,18). The second kappa shape index (κ2) is 7.43. The van der Waals surface area contributed by atoms with Crippen LogP contribution in [-0.2, 0) is 13.6 Å². The maximum absolute atomic E-state index is 4.67. The predicted octanol–water partition coefficient (Wildman–Crippen LogP) is 1.76. The smallest absolute Gasteiger partial charge is 0.191 e. The number of aliphatic imine (C=N–C) groups is 1. The molecule has 1 aromatic rings. The zero-order valence-electron chi connectivity index (χ0n) is 13.7. The Morgan fingerprint density at radius 2 is 2.05 bits per heavy atom. The zero-order valence-corrected chi connectivity index (χ0v) is 13.7. The van der Waals surface area contributed by atoms with Gasteiger partial charge in [-0.1, -0.05) is 26.7 Å². The highest BCUT2D eigenvalue weighted by molar-refractivity contribution is 5.80. The van der Waals surface area contributed by atoms with Gasteiger partial charge in [0.25, 0.3) is 0 Å². The van der Waals surface area contributed by atoms with Crippen molar-refractivity contribution < 1.29 is 0 Å². The van der Waals surface area contributed by atoms with Gasteiger partial charge in [0.2, 0.25) is 0 Å². The van der Waals surface area contributed by atoms with Crippen molar-refractivity contribution in [3.8, 4) is 0 Å². The van der Waals surface area contributed by atoms with E-state index < -0.39 is 0 Å². The summed E-state index contributed by atoms with van der Waals surface area (Å²) in [7, 11) is 1.98. The number of nitrogens with zero attached hydrogens (tertiary/aromatic N) is 4. The Bertz CT molecular complexity index is 471. The van der Waals surface area contributed by atoms with Gasteiger partial charge in [-0.15, -0.1) is 10.2 Å². The number of hydrogen-bond donors (Lipinski definition) is 2. The fourth-order valence-electron chi connectivity index (χ4n) is 2.46. The SMILES string of the molecule is Cc1nnc(CN=C(NCC(C)C)NC2CCCC2)n1C. The van der Waals surface area contributed by atoms with Crippen molar-refractivity contribution in [3.05, 3.63) is 11.6 Å². The molecule has 0 radical (unpaired) electrons. The monoisotopic (exact) mass is 292 g/mol. The number of nitrogens with one attached hydrogen (secondary N) is 2. The van der Waals surface area contributed by atoms with E-state index in [1.165, 1.54) is 25.7 Å². The fraction of sp³-hybridized carbons (Fsp3) is 0.800. The highest BCUT2D eigenvalue weighted by Gasteiger charge is 2.16. The molecule has 118 valence electrons. The average Bonchev–Trinajstić information content (AvgIpc) is 3.06. The molecule has 1 aliphatic rings. The molecule has 0 aliphatic heterocycles. The lowest BCUT2D eigenvalue weighted by Gasteiger charge is -2.18. The van der Waals surface area contributed by atoms with Crippen LogP contribution in [0, 0.1) is 12.8 Å². The molecule has 0 spiro atoms. The van der Waals surface area contributed by atoms with Crippen LogP contribution in [0.4, 0.5) is 0 Å². The number of rotatable bonds is 5. The quantitative estimate of drug-likeness (QED) is 0.641. The molecular formula is C15H28N6. The van der Waals surface area contributed by atoms with Gasteiger partial charge in [0.15, 0.2) is 11.8 Å². The summed E-state index contributed by atoms with van der Waals surface area (Å²) < 4.78 is 1.99. The highest BCUT2D eigenvalue weighted by Crippen LogP contribution is 2.17. The molecule has 2 N–H and O–H groups in total. The van der Waals surface area contributed by atoms with E-state index in [2.05, 4.69) is 39.7 Å². The third-order valence-electron chi connectivity index (χ3n) is 3.94. The minimum Gasteiger partial charge on any atom is -0.356 e. The molecule has 0 atom stereocenters. The maximum Gasteiger partial charge on any atom is 0.191 e. The Hall–Kier alpha value is -1.59. The molecule has 6 nitrogen and oxygen atoms in total. The maximum atomic E-state index is 4.67. The third kappa shape index (κ3) is 4.72. The van der Waals surface area contributed by atoms with Crippen molar-refractivity contribution in [2.45, 2.75) is 59.0 Å². The van der Waals surface area contributed by atoms with Crippen molar-refractivity contribution >= 4 is 5.96 Å². The van der Waals surface area contributed by atoms with E-state index in [-0.39, 0.29) is 0 Å². The van der Waals surface area contributed by atoms with Gasteiger partial charge in [0.1, 0.15) is 12.4 Å². The molecule has 1 aliphatic carbocycles. The summed E-state index contributed by atoms with van der Waals surface area (Å²) in [4.78, 5) is 4.67. The fourth-order valence-corrected chi connectivity index (χ4v) is 2.46. The normalized spacial score (nSPS) is 16.7. The van der Waals surface area contributed by atoms with Crippen LogP contribution in [0.2, 0.25) is 0 Å². The summed E-state index contributed by atoms with van der Waals surface area (Å²) in [5, 5.41) is 15.2. The van der Waals surface area contributed by atoms with Gasteiger partial charge in [0, 0.05) is 19.6 Å². The number of guanidine groups is 1. The van der Waals surface area contributed by atoms with E-state index in [4.69, 9.17) is 0 Å².